The summed E-state index contributed by atoms with van der Waals surface area (Å²) >= 11 is 0. The fourth-order valence-electron chi connectivity index (χ4n) is 4.04. The van der Waals surface area contributed by atoms with Gasteiger partial charge in [0.15, 0.2) is 5.96 Å². The zero-order chi connectivity index (χ0) is 21.2. The van der Waals surface area contributed by atoms with Gasteiger partial charge in [0.2, 0.25) is 5.91 Å². The number of carbonyl (C=O) groups excluding carboxylic acids is 1. The van der Waals surface area contributed by atoms with Gasteiger partial charge in [-0.05, 0) is 30.9 Å². The van der Waals surface area contributed by atoms with E-state index in [0.717, 1.165) is 45.0 Å². The summed E-state index contributed by atoms with van der Waals surface area (Å²) in [6.45, 7) is 7.13. The maximum atomic E-state index is 11.9. The Bertz CT molecular complexity index is 773. The molecular weight excluding hydrogens is 499 g/mol. The van der Waals surface area contributed by atoms with Crippen LogP contribution in [0.15, 0.2) is 65.7 Å². The first-order valence-corrected chi connectivity index (χ1v) is 11.1. The van der Waals surface area contributed by atoms with Gasteiger partial charge in [0.1, 0.15) is 0 Å². The highest BCUT2D eigenvalue weighted by molar-refractivity contribution is 14.0. The van der Waals surface area contributed by atoms with Gasteiger partial charge in [-0.3, -0.25) is 9.79 Å². The molecule has 3 rings (SSSR count). The van der Waals surface area contributed by atoms with Gasteiger partial charge >= 0.3 is 0 Å². The number of benzene rings is 2. The zero-order valence-electron chi connectivity index (χ0n) is 18.6. The molecule has 6 heteroatoms. The predicted molar refractivity (Wildman–Crippen MR) is 139 cm³/mol. The number of aliphatic imine (C=N–C) groups is 1. The second-order valence-corrected chi connectivity index (χ2v) is 7.75. The van der Waals surface area contributed by atoms with Gasteiger partial charge in [-0.1, -0.05) is 67.6 Å². The highest BCUT2D eigenvalue weighted by Crippen LogP contribution is 2.27. The van der Waals surface area contributed by atoms with E-state index in [9.17, 15) is 4.79 Å². The summed E-state index contributed by atoms with van der Waals surface area (Å²) in [6, 6.07) is 21.6. The number of guanidine groups is 1. The predicted octanol–water partition coefficient (Wildman–Crippen LogP) is 4.39. The standard InChI is InChI=1S/C25H34N4O.HI/c1-3-24(30)29-18-16-22(19-29)28-25(26-4-2)27-17-15-23(20-11-7-5-8-12-20)21-13-9-6-10-14-21;/h5-14,22-23H,3-4,15-19H2,1-2H3,(H2,26,27,28);1H. The lowest BCUT2D eigenvalue weighted by Gasteiger charge is -2.20. The Morgan fingerprint density at radius 2 is 1.68 bits per heavy atom. The number of hydrogen-bond donors (Lipinski definition) is 2. The summed E-state index contributed by atoms with van der Waals surface area (Å²) in [4.78, 5) is 18.7. The molecule has 1 aliphatic rings. The molecule has 2 aromatic carbocycles. The monoisotopic (exact) mass is 534 g/mol. The molecule has 0 aromatic heterocycles. The van der Waals surface area contributed by atoms with Crippen LogP contribution in [0.4, 0.5) is 0 Å². The Hall–Kier alpha value is -2.09. The van der Waals surface area contributed by atoms with Crippen molar-refractivity contribution in [1.82, 2.24) is 15.5 Å². The van der Waals surface area contributed by atoms with Crippen LogP contribution in [0.3, 0.4) is 0 Å². The first kappa shape index (κ1) is 25.2. The summed E-state index contributed by atoms with van der Waals surface area (Å²) in [5.41, 5.74) is 2.64. The minimum atomic E-state index is 0. The molecule has 0 aliphatic carbocycles. The Kier molecular flexibility index (Phi) is 10.8. The third-order valence-electron chi connectivity index (χ3n) is 5.62. The molecule has 0 radical (unpaired) electrons. The molecule has 1 heterocycles. The van der Waals surface area contributed by atoms with Crippen LogP contribution >= 0.6 is 24.0 Å². The second-order valence-electron chi connectivity index (χ2n) is 7.75. The number of nitrogens with zero attached hydrogens (tertiary/aromatic N) is 2. The third kappa shape index (κ3) is 7.52. The Morgan fingerprint density at radius 3 is 2.23 bits per heavy atom. The average molecular weight is 534 g/mol. The van der Waals surface area contributed by atoms with Crippen LogP contribution in [0.5, 0.6) is 0 Å². The first-order valence-electron chi connectivity index (χ1n) is 11.1. The number of amides is 1. The average Bonchev–Trinajstić information content (AvgIpc) is 3.26. The molecule has 1 fully saturated rings. The Labute approximate surface area is 203 Å². The smallest absolute Gasteiger partial charge is 0.222 e. The molecule has 1 amide bonds. The number of carbonyl (C=O) groups is 1. The summed E-state index contributed by atoms with van der Waals surface area (Å²) in [5.74, 6) is 1.39. The summed E-state index contributed by atoms with van der Waals surface area (Å²) in [6.07, 6.45) is 2.48. The molecule has 2 aromatic rings. The zero-order valence-corrected chi connectivity index (χ0v) is 20.9. The maximum Gasteiger partial charge on any atom is 0.222 e. The van der Waals surface area contributed by atoms with Crippen molar-refractivity contribution in [3.8, 4) is 0 Å². The van der Waals surface area contributed by atoms with Crippen molar-refractivity contribution < 1.29 is 4.79 Å². The molecule has 0 bridgehead atoms. The largest absolute Gasteiger partial charge is 0.357 e. The number of halogens is 1. The van der Waals surface area contributed by atoms with Crippen molar-refractivity contribution in [3.63, 3.8) is 0 Å². The number of rotatable bonds is 8. The highest BCUT2D eigenvalue weighted by Gasteiger charge is 2.25. The van der Waals surface area contributed by atoms with Gasteiger partial charge in [-0.15, -0.1) is 24.0 Å². The van der Waals surface area contributed by atoms with Crippen LogP contribution in [-0.4, -0.2) is 49.0 Å². The first-order chi connectivity index (χ1) is 14.7. The topological polar surface area (TPSA) is 56.7 Å². The van der Waals surface area contributed by atoms with Gasteiger partial charge in [0.25, 0.3) is 0 Å². The van der Waals surface area contributed by atoms with Crippen molar-refractivity contribution in [1.29, 1.82) is 0 Å². The van der Waals surface area contributed by atoms with Crippen molar-refractivity contribution in [3.05, 3.63) is 71.8 Å². The van der Waals surface area contributed by atoms with Gasteiger partial charge in [-0.25, -0.2) is 0 Å². The second kappa shape index (κ2) is 13.3. The Morgan fingerprint density at radius 1 is 1.06 bits per heavy atom. The van der Waals surface area contributed by atoms with Crippen LogP contribution in [0.1, 0.15) is 50.2 Å². The van der Waals surface area contributed by atoms with Crippen molar-refractivity contribution in [2.45, 2.75) is 45.1 Å². The van der Waals surface area contributed by atoms with Crippen molar-refractivity contribution in [2.75, 3.05) is 26.2 Å². The SMILES string of the molecule is CCNC(=NCCC(c1ccccc1)c1ccccc1)NC1CCN(C(=O)CC)C1.I. The van der Waals surface area contributed by atoms with Crippen LogP contribution in [0.25, 0.3) is 0 Å². The van der Waals surface area contributed by atoms with Crippen LogP contribution < -0.4 is 10.6 Å². The minimum Gasteiger partial charge on any atom is -0.357 e. The summed E-state index contributed by atoms with van der Waals surface area (Å²) in [7, 11) is 0. The Balaban J connectivity index is 0.00000341. The van der Waals surface area contributed by atoms with Gasteiger partial charge in [0.05, 0.1) is 0 Å². The van der Waals surface area contributed by atoms with E-state index in [0.29, 0.717) is 12.3 Å². The van der Waals surface area contributed by atoms with E-state index in [-0.39, 0.29) is 35.9 Å². The van der Waals surface area contributed by atoms with E-state index >= 15 is 0 Å². The summed E-state index contributed by atoms with van der Waals surface area (Å²) < 4.78 is 0. The quantitative estimate of drug-likeness (QED) is 0.300. The molecule has 2 N–H and O–H groups in total. The minimum absolute atomic E-state index is 0. The molecule has 1 atom stereocenters. The molecule has 5 nitrogen and oxygen atoms in total. The lowest BCUT2D eigenvalue weighted by molar-refractivity contribution is -0.129. The maximum absolute atomic E-state index is 11.9. The molecule has 0 saturated carbocycles. The van der Waals surface area contributed by atoms with Crippen LogP contribution in [0, 0.1) is 0 Å². The van der Waals surface area contributed by atoms with Gasteiger partial charge < -0.3 is 15.5 Å². The van der Waals surface area contributed by atoms with E-state index in [1.807, 2.05) is 11.8 Å². The van der Waals surface area contributed by atoms with Crippen LogP contribution in [0.2, 0.25) is 0 Å². The molecule has 1 aliphatic heterocycles. The molecule has 31 heavy (non-hydrogen) atoms. The molecule has 168 valence electrons. The van der Waals surface area contributed by atoms with E-state index in [1.54, 1.807) is 0 Å². The lowest BCUT2D eigenvalue weighted by Crippen LogP contribution is -2.45. The van der Waals surface area contributed by atoms with Crippen molar-refractivity contribution >= 4 is 35.8 Å². The molecule has 1 saturated heterocycles. The van der Waals surface area contributed by atoms with E-state index in [1.165, 1.54) is 11.1 Å². The lowest BCUT2D eigenvalue weighted by atomic mass is 9.89. The number of hydrogen-bond acceptors (Lipinski definition) is 2. The number of likely N-dealkylation sites (tertiary alicyclic amines) is 1. The van der Waals surface area contributed by atoms with E-state index in [4.69, 9.17) is 4.99 Å². The fourth-order valence-corrected chi connectivity index (χ4v) is 4.04. The van der Waals surface area contributed by atoms with Crippen LogP contribution in [-0.2, 0) is 4.79 Å². The molecule has 0 spiro atoms. The highest BCUT2D eigenvalue weighted by atomic mass is 127. The fraction of sp³-hybridized carbons (Fsp3) is 0.440. The van der Waals surface area contributed by atoms with E-state index < -0.39 is 0 Å². The molecular formula is C25H35IN4O. The van der Waals surface area contributed by atoms with Crippen molar-refractivity contribution in [2.24, 2.45) is 4.99 Å². The third-order valence-corrected chi connectivity index (χ3v) is 5.62. The van der Waals surface area contributed by atoms with E-state index in [2.05, 4.69) is 78.2 Å². The normalized spacial score (nSPS) is 16.2. The van der Waals surface area contributed by atoms with Gasteiger partial charge in [-0.2, -0.15) is 0 Å². The number of nitrogens with one attached hydrogen (secondary N) is 2. The molecule has 1 unspecified atom stereocenters. The van der Waals surface area contributed by atoms with Gasteiger partial charge in [0, 0.05) is 44.6 Å². The summed E-state index contributed by atoms with van der Waals surface area (Å²) in [5, 5.41) is 6.88.